The number of hydrogen-bond acceptors (Lipinski definition) is 5. The van der Waals surface area contributed by atoms with E-state index in [1.54, 1.807) is 55.5 Å². The van der Waals surface area contributed by atoms with E-state index in [0.29, 0.717) is 29.4 Å². The molecule has 0 spiro atoms. The first kappa shape index (κ1) is 21.7. The Morgan fingerprint density at radius 1 is 0.931 bits per heavy atom. The Balaban J connectivity index is 1.88. The summed E-state index contributed by atoms with van der Waals surface area (Å²) in [6.07, 6.45) is 0. The molecule has 2 aromatic carbocycles. The standard InChI is InChI=1S/C21H25N3O5/c1-4-24(21(27)14-29-19-8-6-5-7-18(19)28-3)13-20(26)23-17-11-9-16(10-12-17)22-15(2)25/h5-12H,4,13-14H2,1-3H3,(H,22,25)(H,23,26). The van der Waals surface area contributed by atoms with Crippen LogP contribution in [0, 0.1) is 0 Å². The van der Waals surface area contributed by atoms with Crippen LogP contribution < -0.4 is 20.1 Å². The average molecular weight is 399 g/mol. The number of likely N-dealkylation sites (N-methyl/N-ethyl adjacent to an activating group) is 1. The summed E-state index contributed by atoms with van der Waals surface area (Å²) < 4.78 is 10.7. The number of benzene rings is 2. The van der Waals surface area contributed by atoms with Crippen molar-refractivity contribution in [3.05, 3.63) is 48.5 Å². The van der Waals surface area contributed by atoms with Crippen LogP contribution in [0.4, 0.5) is 11.4 Å². The van der Waals surface area contributed by atoms with Crippen molar-refractivity contribution in [1.82, 2.24) is 4.90 Å². The zero-order valence-corrected chi connectivity index (χ0v) is 16.7. The van der Waals surface area contributed by atoms with E-state index in [0.717, 1.165) is 0 Å². The smallest absolute Gasteiger partial charge is 0.260 e. The average Bonchev–Trinajstić information content (AvgIpc) is 2.71. The second kappa shape index (κ2) is 10.7. The summed E-state index contributed by atoms with van der Waals surface area (Å²) in [6, 6.07) is 13.7. The Kier molecular flexibility index (Phi) is 8.02. The highest BCUT2D eigenvalue weighted by molar-refractivity contribution is 5.95. The highest BCUT2D eigenvalue weighted by Gasteiger charge is 2.17. The van der Waals surface area contributed by atoms with Crippen LogP contribution in [-0.4, -0.2) is 49.4 Å². The molecule has 0 aliphatic carbocycles. The number of carbonyl (C=O) groups excluding carboxylic acids is 3. The summed E-state index contributed by atoms with van der Waals surface area (Å²) in [5.41, 5.74) is 1.20. The van der Waals surface area contributed by atoms with Gasteiger partial charge in [0.1, 0.15) is 0 Å². The van der Waals surface area contributed by atoms with E-state index in [9.17, 15) is 14.4 Å². The van der Waals surface area contributed by atoms with Crippen LogP contribution in [0.5, 0.6) is 11.5 Å². The molecule has 0 aromatic heterocycles. The molecule has 0 aliphatic heterocycles. The zero-order chi connectivity index (χ0) is 21.2. The third-order valence-electron chi connectivity index (χ3n) is 3.98. The first-order valence-corrected chi connectivity index (χ1v) is 9.14. The maximum atomic E-state index is 12.4. The Morgan fingerprint density at radius 3 is 2.07 bits per heavy atom. The van der Waals surface area contributed by atoms with Gasteiger partial charge in [-0.1, -0.05) is 12.1 Å². The summed E-state index contributed by atoms with van der Waals surface area (Å²) in [4.78, 5) is 37.1. The van der Waals surface area contributed by atoms with Crippen molar-refractivity contribution in [1.29, 1.82) is 0 Å². The Hall–Kier alpha value is -3.55. The molecule has 2 aromatic rings. The lowest BCUT2D eigenvalue weighted by Gasteiger charge is -2.21. The van der Waals surface area contributed by atoms with E-state index in [2.05, 4.69) is 10.6 Å². The van der Waals surface area contributed by atoms with Gasteiger partial charge in [0.15, 0.2) is 18.1 Å². The van der Waals surface area contributed by atoms with Crippen molar-refractivity contribution in [2.45, 2.75) is 13.8 Å². The molecule has 0 saturated carbocycles. The number of para-hydroxylation sites is 2. The molecule has 0 radical (unpaired) electrons. The molecule has 0 aliphatic rings. The Labute approximate surface area is 169 Å². The summed E-state index contributed by atoms with van der Waals surface area (Å²) in [5.74, 6) is 0.181. The number of hydrogen-bond donors (Lipinski definition) is 2. The van der Waals surface area contributed by atoms with E-state index in [-0.39, 0.29) is 30.9 Å². The maximum absolute atomic E-state index is 12.4. The van der Waals surface area contributed by atoms with E-state index >= 15 is 0 Å². The van der Waals surface area contributed by atoms with E-state index in [4.69, 9.17) is 9.47 Å². The van der Waals surface area contributed by atoms with Crippen molar-refractivity contribution in [2.75, 3.05) is 37.4 Å². The van der Waals surface area contributed by atoms with Gasteiger partial charge >= 0.3 is 0 Å². The quantitative estimate of drug-likeness (QED) is 0.675. The van der Waals surface area contributed by atoms with Gasteiger partial charge < -0.3 is 25.0 Å². The van der Waals surface area contributed by atoms with Gasteiger partial charge in [-0.25, -0.2) is 0 Å². The summed E-state index contributed by atoms with van der Waals surface area (Å²) >= 11 is 0. The molecular formula is C21H25N3O5. The van der Waals surface area contributed by atoms with Crippen molar-refractivity contribution >= 4 is 29.1 Å². The fourth-order valence-corrected chi connectivity index (χ4v) is 2.56. The minimum absolute atomic E-state index is 0.0991. The predicted molar refractivity (Wildman–Crippen MR) is 110 cm³/mol. The van der Waals surface area contributed by atoms with Gasteiger partial charge in [-0.3, -0.25) is 14.4 Å². The van der Waals surface area contributed by atoms with Gasteiger partial charge in [-0.15, -0.1) is 0 Å². The SMILES string of the molecule is CCN(CC(=O)Nc1ccc(NC(C)=O)cc1)C(=O)COc1ccccc1OC. The van der Waals surface area contributed by atoms with E-state index in [1.807, 2.05) is 0 Å². The molecular weight excluding hydrogens is 374 g/mol. The molecule has 0 unspecified atom stereocenters. The molecule has 0 fully saturated rings. The highest BCUT2D eigenvalue weighted by atomic mass is 16.5. The molecule has 0 bridgehead atoms. The highest BCUT2D eigenvalue weighted by Crippen LogP contribution is 2.25. The number of methoxy groups -OCH3 is 1. The minimum atomic E-state index is -0.329. The largest absolute Gasteiger partial charge is 0.493 e. The second-order valence-corrected chi connectivity index (χ2v) is 6.15. The fraction of sp³-hybridized carbons (Fsp3) is 0.286. The Bertz CT molecular complexity index is 852. The van der Waals surface area contributed by atoms with Gasteiger partial charge in [-0.05, 0) is 43.3 Å². The molecule has 2 N–H and O–H groups in total. The first-order chi connectivity index (χ1) is 13.9. The molecule has 8 nitrogen and oxygen atoms in total. The number of nitrogens with zero attached hydrogens (tertiary/aromatic N) is 1. The monoisotopic (exact) mass is 399 g/mol. The second-order valence-electron chi connectivity index (χ2n) is 6.15. The van der Waals surface area contributed by atoms with Crippen LogP contribution in [0.1, 0.15) is 13.8 Å². The minimum Gasteiger partial charge on any atom is -0.493 e. The van der Waals surface area contributed by atoms with Crippen LogP contribution >= 0.6 is 0 Å². The maximum Gasteiger partial charge on any atom is 0.260 e. The van der Waals surface area contributed by atoms with Crippen LogP contribution in [-0.2, 0) is 14.4 Å². The molecule has 8 heteroatoms. The van der Waals surface area contributed by atoms with Gasteiger partial charge in [0.2, 0.25) is 11.8 Å². The lowest BCUT2D eigenvalue weighted by Crippen LogP contribution is -2.40. The van der Waals surface area contributed by atoms with Crippen LogP contribution in [0.25, 0.3) is 0 Å². The van der Waals surface area contributed by atoms with Gasteiger partial charge in [0, 0.05) is 24.8 Å². The normalized spacial score (nSPS) is 10.0. The molecule has 3 amide bonds. The molecule has 29 heavy (non-hydrogen) atoms. The van der Waals surface area contributed by atoms with Gasteiger partial charge in [0.25, 0.3) is 5.91 Å². The van der Waals surface area contributed by atoms with Crippen molar-refractivity contribution < 1.29 is 23.9 Å². The fourth-order valence-electron chi connectivity index (χ4n) is 2.56. The number of carbonyl (C=O) groups is 3. The first-order valence-electron chi connectivity index (χ1n) is 9.14. The van der Waals surface area contributed by atoms with Crippen LogP contribution in [0.15, 0.2) is 48.5 Å². The molecule has 0 atom stereocenters. The van der Waals surface area contributed by atoms with Crippen LogP contribution in [0.2, 0.25) is 0 Å². The summed E-state index contributed by atoms with van der Waals surface area (Å²) in [7, 11) is 1.52. The molecule has 0 heterocycles. The Morgan fingerprint density at radius 2 is 1.52 bits per heavy atom. The van der Waals surface area contributed by atoms with Crippen LogP contribution in [0.3, 0.4) is 0 Å². The van der Waals surface area contributed by atoms with E-state index < -0.39 is 0 Å². The molecule has 0 saturated heterocycles. The van der Waals surface area contributed by atoms with Gasteiger partial charge in [0.05, 0.1) is 13.7 Å². The van der Waals surface area contributed by atoms with Crippen molar-refractivity contribution in [3.8, 4) is 11.5 Å². The molecule has 154 valence electrons. The molecule has 2 rings (SSSR count). The zero-order valence-electron chi connectivity index (χ0n) is 16.7. The number of rotatable bonds is 9. The third-order valence-corrected chi connectivity index (χ3v) is 3.98. The number of ether oxygens (including phenoxy) is 2. The van der Waals surface area contributed by atoms with Gasteiger partial charge in [-0.2, -0.15) is 0 Å². The number of amides is 3. The lowest BCUT2D eigenvalue weighted by molar-refractivity contribution is -0.136. The predicted octanol–water partition coefficient (Wildman–Crippen LogP) is 2.52. The summed E-state index contributed by atoms with van der Waals surface area (Å²) in [6.45, 7) is 3.27. The topological polar surface area (TPSA) is 97.0 Å². The van der Waals surface area contributed by atoms with Crippen molar-refractivity contribution in [3.63, 3.8) is 0 Å². The van der Waals surface area contributed by atoms with E-state index in [1.165, 1.54) is 18.9 Å². The van der Waals surface area contributed by atoms with Crippen molar-refractivity contribution in [2.24, 2.45) is 0 Å². The third kappa shape index (κ3) is 6.84. The lowest BCUT2D eigenvalue weighted by atomic mass is 10.2. The summed E-state index contributed by atoms with van der Waals surface area (Å²) in [5, 5.41) is 5.38. The number of anilines is 2. The number of nitrogens with one attached hydrogen (secondary N) is 2.